The Morgan fingerprint density at radius 1 is 1.03 bits per heavy atom. The Bertz CT molecular complexity index is 926. The summed E-state index contributed by atoms with van der Waals surface area (Å²) < 4.78 is 0. The third-order valence-electron chi connectivity index (χ3n) is 6.19. The number of carbonyl (C=O) groups is 8. The molecule has 1 aliphatic rings. The summed E-state index contributed by atoms with van der Waals surface area (Å²) in [5.74, 6) is -5.78. The van der Waals surface area contributed by atoms with Crippen molar-refractivity contribution in [3.63, 3.8) is 0 Å². The van der Waals surface area contributed by atoms with E-state index in [4.69, 9.17) is 10.2 Å². The highest BCUT2D eigenvalue weighted by Gasteiger charge is 2.43. The lowest BCUT2D eigenvalue weighted by molar-refractivity contribution is -0.144. The van der Waals surface area contributed by atoms with Crippen molar-refractivity contribution < 1.29 is 48.6 Å². The zero-order valence-corrected chi connectivity index (χ0v) is 21.5. The van der Waals surface area contributed by atoms with E-state index in [1.165, 1.54) is 6.92 Å². The molecular weight excluding hydrogens is 506 g/mol. The van der Waals surface area contributed by atoms with Gasteiger partial charge in [-0.1, -0.05) is 20.3 Å². The van der Waals surface area contributed by atoms with Crippen molar-refractivity contribution in [2.45, 2.75) is 83.1 Å². The number of carboxylic acids is 2. The van der Waals surface area contributed by atoms with Crippen LogP contribution in [-0.4, -0.2) is 100 Å². The number of hydrogen-bond donors (Lipinski definition) is 6. The summed E-state index contributed by atoms with van der Waals surface area (Å²) in [5.41, 5.74) is 0. The molecule has 1 saturated heterocycles. The average molecular weight is 542 g/mol. The van der Waals surface area contributed by atoms with Crippen LogP contribution in [-0.2, 0) is 38.4 Å². The molecule has 0 unspecified atom stereocenters. The summed E-state index contributed by atoms with van der Waals surface area (Å²) in [6, 6.07) is -5.70. The molecule has 0 radical (unpaired) electrons. The van der Waals surface area contributed by atoms with Gasteiger partial charge >= 0.3 is 11.9 Å². The minimum Gasteiger partial charge on any atom is -0.481 e. The lowest BCUT2D eigenvalue weighted by Gasteiger charge is -2.30. The molecule has 1 heterocycles. The quantitative estimate of drug-likeness (QED) is 0.115. The highest BCUT2D eigenvalue weighted by atomic mass is 16.4. The minimum atomic E-state index is -1.40. The number of carbonyl (C=O) groups excluding carboxylic acids is 6. The normalized spacial score (nSPS) is 19.7. The lowest BCUT2D eigenvalue weighted by atomic mass is 9.97. The fourth-order valence-corrected chi connectivity index (χ4v) is 4.05. The molecule has 0 aromatic carbocycles. The van der Waals surface area contributed by atoms with Crippen molar-refractivity contribution in [1.82, 2.24) is 26.2 Å². The zero-order chi connectivity index (χ0) is 29.0. The van der Waals surface area contributed by atoms with Gasteiger partial charge in [-0.25, -0.2) is 0 Å². The van der Waals surface area contributed by atoms with Gasteiger partial charge in [-0.05, 0) is 18.8 Å². The van der Waals surface area contributed by atoms with Gasteiger partial charge in [-0.2, -0.15) is 0 Å². The second-order valence-corrected chi connectivity index (χ2v) is 9.13. The maximum atomic E-state index is 13.5. The number of amides is 5. The van der Waals surface area contributed by atoms with Crippen molar-refractivity contribution in [3.05, 3.63) is 0 Å². The predicted molar refractivity (Wildman–Crippen MR) is 129 cm³/mol. The van der Waals surface area contributed by atoms with Gasteiger partial charge in [0.05, 0.1) is 12.5 Å². The molecule has 0 spiro atoms. The Hall–Kier alpha value is -4.04. The van der Waals surface area contributed by atoms with Gasteiger partial charge in [0.1, 0.15) is 24.4 Å². The van der Waals surface area contributed by atoms with Crippen LogP contribution in [0.25, 0.3) is 0 Å². The number of hydrogen-bond acceptors (Lipinski definition) is 8. The molecule has 6 N–H and O–H groups in total. The fraction of sp³-hybridized carbons (Fsp3) is 0.652. The predicted octanol–water partition coefficient (Wildman–Crippen LogP) is -2.24. The zero-order valence-electron chi connectivity index (χ0n) is 21.5. The number of likely N-dealkylation sites (tertiary alicyclic amines) is 1. The third kappa shape index (κ3) is 9.78. The van der Waals surface area contributed by atoms with Crippen LogP contribution in [0.4, 0.5) is 0 Å². The number of carboxylic acid groups (broad SMARTS) is 2. The molecule has 15 nitrogen and oxygen atoms in total. The summed E-state index contributed by atoms with van der Waals surface area (Å²) in [6.45, 7) is 4.57. The molecule has 6 atom stereocenters. The van der Waals surface area contributed by atoms with E-state index < -0.39 is 78.6 Å². The molecule has 1 rings (SSSR count). The first-order valence-electron chi connectivity index (χ1n) is 12.1. The van der Waals surface area contributed by atoms with Gasteiger partial charge < -0.3 is 41.2 Å². The molecule has 1 aliphatic heterocycles. The van der Waals surface area contributed by atoms with Crippen LogP contribution in [0, 0.1) is 5.92 Å². The lowest BCUT2D eigenvalue weighted by Crippen LogP contribution is -2.58. The van der Waals surface area contributed by atoms with Crippen LogP contribution in [0.15, 0.2) is 0 Å². The first-order chi connectivity index (χ1) is 17.8. The van der Waals surface area contributed by atoms with Crippen molar-refractivity contribution in [1.29, 1.82) is 0 Å². The highest BCUT2D eigenvalue weighted by Crippen LogP contribution is 2.21. The largest absolute Gasteiger partial charge is 0.481 e. The Morgan fingerprint density at radius 2 is 1.68 bits per heavy atom. The van der Waals surface area contributed by atoms with Crippen LogP contribution in [0.2, 0.25) is 0 Å². The summed E-state index contributed by atoms with van der Waals surface area (Å²) in [6.07, 6.45) is -0.481. The average Bonchev–Trinajstić information content (AvgIpc) is 3.27. The van der Waals surface area contributed by atoms with Gasteiger partial charge in [0.2, 0.25) is 30.0 Å². The molecule has 0 saturated carbocycles. The summed E-state index contributed by atoms with van der Waals surface area (Å²) in [7, 11) is 0. The van der Waals surface area contributed by atoms with E-state index in [9.17, 15) is 38.4 Å². The van der Waals surface area contributed by atoms with E-state index in [-0.39, 0.29) is 31.6 Å². The first kappa shape index (κ1) is 32.0. The summed E-state index contributed by atoms with van der Waals surface area (Å²) in [4.78, 5) is 96.6. The summed E-state index contributed by atoms with van der Waals surface area (Å²) in [5, 5.41) is 27.8. The molecule has 38 heavy (non-hydrogen) atoms. The van der Waals surface area contributed by atoms with Crippen molar-refractivity contribution in [2.24, 2.45) is 5.92 Å². The van der Waals surface area contributed by atoms with E-state index in [0.29, 0.717) is 12.8 Å². The number of rotatable bonds is 16. The van der Waals surface area contributed by atoms with E-state index in [1.54, 1.807) is 13.8 Å². The maximum absolute atomic E-state index is 13.5. The monoisotopic (exact) mass is 541 g/mol. The molecule has 15 heteroatoms. The van der Waals surface area contributed by atoms with Gasteiger partial charge in [0.25, 0.3) is 0 Å². The molecule has 0 aromatic rings. The molecule has 0 aliphatic carbocycles. The maximum Gasteiger partial charge on any atom is 0.305 e. The molecule has 0 aromatic heterocycles. The van der Waals surface area contributed by atoms with E-state index in [0.717, 1.165) is 4.90 Å². The third-order valence-corrected chi connectivity index (χ3v) is 6.19. The van der Waals surface area contributed by atoms with Crippen molar-refractivity contribution in [2.75, 3.05) is 6.54 Å². The van der Waals surface area contributed by atoms with E-state index in [2.05, 4.69) is 21.3 Å². The second kappa shape index (κ2) is 15.3. The number of aldehydes is 1. The van der Waals surface area contributed by atoms with Gasteiger partial charge in [0, 0.05) is 25.9 Å². The molecule has 5 amide bonds. The summed E-state index contributed by atoms with van der Waals surface area (Å²) >= 11 is 0. The van der Waals surface area contributed by atoms with Crippen LogP contribution in [0.1, 0.15) is 52.9 Å². The van der Waals surface area contributed by atoms with Gasteiger partial charge in [0.15, 0.2) is 0 Å². The smallest absolute Gasteiger partial charge is 0.305 e. The molecule has 0 bridgehead atoms. The SMILES string of the molecule is CC[C@H](C)[C@H](NC(C)=O)C(=O)N[C@@H](CCC(=O)O)C(=O)N1C[C@H](NC=O)C[C@H]1C(=O)N[C@H](C=O)CC(=O)O. The van der Waals surface area contributed by atoms with Crippen LogP contribution >= 0.6 is 0 Å². The Balaban J connectivity index is 3.25. The van der Waals surface area contributed by atoms with Crippen molar-refractivity contribution >= 4 is 48.3 Å². The van der Waals surface area contributed by atoms with Gasteiger partial charge in [-0.3, -0.25) is 33.6 Å². The Morgan fingerprint density at radius 3 is 2.18 bits per heavy atom. The van der Waals surface area contributed by atoms with E-state index >= 15 is 0 Å². The first-order valence-corrected chi connectivity index (χ1v) is 12.1. The van der Waals surface area contributed by atoms with Crippen molar-refractivity contribution in [3.8, 4) is 0 Å². The Kier molecular flexibility index (Phi) is 12.9. The van der Waals surface area contributed by atoms with Gasteiger partial charge in [-0.15, -0.1) is 0 Å². The van der Waals surface area contributed by atoms with Crippen LogP contribution in [0.3, 0.4) is 0 Å². The minimum absolute atomic E-state index is 0.0735. The molecule has 212 valence electrons. The second-order valence-electron chi connectivity index (χ2n) is 9.13. The molecule has 1 fully saturated rings. The number of aliphatic carboxylic acids is 2. The number of nitrogens with zero attached hydrogens (tertiary/aromatic N) is 1. The topological polar surface area (TPSA) is 228 Å². The fourth-order valence-electron chi connectivity index (χ4n) is 4.05. The van der Waals surface area contributed by atoms with Crippen LogP contribution < -0.4 is 21.3 Å². The van der Waals surface area contributed by atoms with E-state index in [1.807, 2.05) is 0 Å². The Labute approximate surface area is 219 Å². The van der Waals surface area contributed by atoms with Crippen LogP contribution in [0.5, 0.6) is 0 Å². The number of nitrogens with one attached hydrogen (secondary N) is 4. The molecular formula is C23H35N5O10. The highest BCUT2D eigenvalue weighted by molar-refractivity contribution is 5.95. The standard InChI is InChI=1S/C23H35N5O10/c1-4-12(2)20(25-13(3)31)22(37)27-16(5-6-18(32)33)23(38)28-9-14(24-11-30)7-17(28)21(36)26-15(10-29)8-19(34)35/h10-12,14-17,20H,4-9H2,1-3H3,(H,24,30)(H,25,31)(H,26,36)(H,27,37)(H,32,33)(H,34,35)/t12-,14+,15-,16-,17-,20-/m0/s1.